The Balaban J connectivity index is 2.57. The number of carbonyl (C=O) groups is 2. The number of aliphatic carboxylic acids is 1. The molecular weight excluding hydrogens is 340 g/mol. The van der Waals surface area contributed by atoms with Crippen LogP contribution >= 0.6 is 0 Å². The predicted octanol–water partition coefficient (Wildman–Crippen LogP) is 5.84. The van der Waals surface area contributed by atoms with Crippen LogP contribution in [0.25, 0.3) is 0 Å². The van der Waals surface area contributed by atoms with E-state index in [4.69, 9.17) is 4.74 Å². The van der Waals surface area contributed by atoms with Crippen LogP contribution in [-0.2, 0) is 14.3 Å². The minimum absolute atomic E-state index is 0.352. The topological polar surface area (TPSA) is 63.6 Å². The molecule has 1 rings (SSSR count). The van der Waals surface area contributed by atoms with Crippen LogP contribution < -0.4 is 0 Å². The molecule has 0 radical (unpaired) electrons. The lowest BCUT2D eigenvalue weighted by Crippen LogP contribution is -2.33. The summed E-state index contributed by atoms with van der Waals surface area (Å²) in [6.45, 7) is 8.79. The second kappa shape index (κ2) is 12.5. The smallest absolute Gasteiger partial charge is 0.310 e. The summed E-state index contributed by atoms with van der Waals surface area (Å²) < 4.78 is 5.31. The van der Waals surface area contributed by atoms with Gasteiger partial charge in [-0.15, -0.1) is 0 Å². The van der Waals surface area contributed by atoms with Gasteiger partial charge in [0.1, 0.15) is 0 Å². The molecule has 1 N–H and O–H groups in total. The lowest BCUT2D eigenvalue weighted by Gasteiger charge is -2.27. The summed E-state index contributed by atoms with van der Waals surface area (Å²) in [5, 5.41) is 9.43. The number of ether oxygens (including phenoxy) is 1. The molecule has 2 atom stereocenters. The van der Waals surface area contributed by atoms with E-state index >= 15 is 0 Å². The molecule has 0 fully saturated rings. The Morgan fingerprint density at radius 2 is 1.93 bits per heavy atom. The van der Waals surface area contributed by atoms with Gasteiger partial charge in [-0.3, -0.25) is 9.59 Å². The Bertz CT molecular complexity index is 579. The van der Waals surface area contributed by atoms with Crippen molar-refractivity contribution in [2.24, 2.45) is 11.8 Å². The van der Waals surface area contributed by atoms with Crippen LogP contribution in [0, 0.1) is 11.8 Å². The average molecular weight is 377 g/mol. The Hall–Kier alpha value is -1.84. The molecule has 0 saturated carbocycles. The van der Waals surface area contributed by atoms with Crippen molar-refractivity contribution in [3.63, 3.8) is 0 Å². The standard InChI is InChI=1S/C23H36O4/c1-5-6-15-27-23(26)21-16-19(13-14-20(21)22(24)25)12-8-11-18(4)10-7-9-17(2)3/h9,11,13,20-21H,5-8,10,12,14-16H2,1-4H3,(H,24,25). The first-order valence-corrected chi connectivity index (χ1v) is 10.2. The van der Waals surface area contributed by atoms with E-state index in [0.717, 1.165) is 38.5 Å². The van der Waals surface area contributed by atoms with E-state index in [2.05, 4.69) is 32.9 Å². The number of unbranched alkanes of at least 4 members (excludes halogenated alkanes) is 1. The van der Waals surface area contributed by atoms with Gasteiger partial charge < -0.3 is 9.84 Å². The first-order chi connectivity index (χ1) is 12.8. The fraction of sp³-hybridized carbons (Fsp3) is 0.652. The van der Waals surface area contributed by atoms with E-state index in [-0.39, 0.29) is 5.97 Å². The molecule has 2 unspecified atom stereocenters. The van der Waals surface area contributed by atoms with Crippen molar-refractivity contribution in [2.45, 2.75) is 79.1 Å². The van der Waals surface area contributed by atoms with Crippen LogP contribution in [0.2, 0.25) is 0 Å². The highest BCUT2D eigenvalue weighted by Gasteiger charge is 2.37. The molecule has 0 heterocycles. The zero-order valence-electron chi connectivity index (χ0n) is 17.4. The second-order valence-electron chi connectivity index (χ2n) is 7.78. The first-order valence-electron chi connectivity index (χ1n) is 10.2. The maximum Gasteiger partial charge on any atom is 0.310 e. The summed E-state index contributed by atoms with van der Waals surface area (Å²) in [5.41, 5.74) is 3.90. The van der Waals surface area contributed by atoms with E-state index in [1.165, 1.54) is 16.7 Å². The van der Waals surface area contributed by atoms with Gasteiger partial charge in [0.05, 0.1) is 18.4 Å². The van der Waals surface area contributed by atoms with Gasteiger partial charge in [0.25, 0.3) is 0 Å². The SMILES string of the molecule is CCCCOC(=O)C1CC(CCC=C(C)CCC=C(C)C)=CCC1C(=O)O. The summed E-state index contributed by atoms with van der Waals surface area (Å²) in [7, 11) is 0. The van der Waals surface area contributed by atoms with E-state index in [9.17, 15) is 14.7 Å². The van der Waals surface area contributed by atoms with Gasteiger partial charge in [-0.05, 0) is 65.7 Å². The van der Waals surface area contributed by atoms with Crippen LogP contribution in [0.3, 0.4) is 0 Å². The first kappa shape index (κ1) is 23.2. The molecule has 4 nitrogen and oxygen atoms in total. The van der Waals surface area contributed by atoms with Crippen LogP contribution in [-0.4, -0.2) is 23.7 Å². The Labute approximate surface area is 164 Å². The summed E-state index contributed by atoms with van der Waals surface area (Å²) in [4.78, 5) is 23.9. The fourth-order valence-corrected chi connectivity index (χ4v) is 3.31. The van der Waals surface area contributed by atoms with Gasteiger partial charge in [0, 0.05) is 0 Å². The molecular formula is C23H36O4. The van der Waals surface area contributed by atoms with Crippen molar-refractivity contribution in [3.05, 3.63) is 34.9 Å². The molecule has 0 amide bonds. The quantitative estimate of drug-likeness (QED) is 0.279. The Morgan fingerprint density at radius 3 is 2.56 bits per heavy atom. The average Bonchev–Trinajstić information content (AvgIpc) is 2.61. The summed E-state index contributed by atoms with van der Waals surface area (Å²) in [6, 6.07) is 0. The Morgan fingerprint density at radius 1 is 1.19 bits per heavy atom. The zero-order valence-corrected chi connectivity index (χ0v) is 17.4. The second-order valence-corrected chi connectivity index (χ2v) is 7.78. The molecule has 0 bridgehead atoms. The van der Waals surface area contributed by atoms with E-state index in [1.54, 1.807) is 0 Å². The molecule has 152 valence electrons. The molecule has 1 aliphatic carbocycles. The number of hydrogen-bond donors (Lipinski definition) is 1. The number of carboxylic acid groups (broad SMARTS) is 1. The third kappa shape index (κ3) is 9.07. The molecule has 0 aromatic rings. The molecule has 0 saturated heterocycles. The predicted molar refractivity (Wildman–Crippen MR) is 109 cm³/mol. The highest BCUT2D eigenvalue weighted by atomic mass is 16.5. The molecule has 4 heteroatoms. The fourth-order valence-electron chi connectivity index (χ4n) is 3.31. The number of esters is 1. The monoisotopic (exact) mass is 376 g/mol. The summed E-state index contributed by atoms with van der Waals surface area (Å²) in [6.07, 6.45) is 13.2. The van der Waals surface area contributed by atoms with Gasteiger partial charge in [0.2, 0.25) is 0 Å². The number of rotatable bonds is 11. The van der Waals surface area contributed by atoms with Crippen LogP contribution in [0.1, 0.15) is 79.1 Å². The molecule has 0 aliphatic heterocycles. The highest BCUT2D eigenvalue weighted by Crippen LogP contribution is 2.33. The van der Waals surface area contributed by atoms with Gasteiger partial charge in [-0.2, -0.15) is 0 Å². The van der Waals surface area contributed by atoms with E-state index in [0.29, 0.717) is 19.4 Å². The minimum Gasteiger partial charge on any atom is -0.481 e. The molecule has 0 aromatic heterocycles. The maximum absolute atomic E-state index is 12.4. The minimum atomic E-state index is -0.905. The van der Waals surface area contributed by atoms with Crippen molar-refractivity contribution >= 4 is 11.9 Å². The van der Waals surface area contributed by atoms with Gasteiger partial charge >= 0.3 is 11.9 Å². The van der Waals surface area contributed by atoms with Crippen molar-refractivity contribution < 1.29 is 19.4 Å². The third-order valence-corrected chi connectivity index (χ3v) is 5.04. The number of carboxylic acids is 1. The number of hydrogen-bond acceptors (Lipinski definition) is 3. The lowest BCUT2D eigenvalue weighted by molar-refractivity contribution is -0.158. The highest BCUT2D eigenvalue weighted by molar-refractivity contribution is 5.82. The maximum atomic E-state index is 12.4. The third-order valence-electron chi connectivity index (χ3n) is 5.04. The summed E-state index contributed by atoms with van der Waals surface area (Å²) >= 11 is 0. The molecule has 27 heavy (non-hydrogen) atoms. The van der Waals surface area contributed by atoms with Crippen LogP contribution in [0.5, 0.6) is 0 Å². The summed E-state index contributed by atoms with van der Waals surface area (Å²) in [5.74, 6) is -2.47. The molecule has 0 spiro atoms. The van der Waals surface area contributed by atoms with Crippen molar-refractivity contribution in [1.82, 2.24) is 0 Å². The van der Waals surface area contributed by atoms with Crippen LogP contribution in [0.15, 0.2) is 34.9 Å². The van der Waals surface area contributed by atoms with Crippen molar-refractivity contribution in [2.75, 3.05) is 6.61 Å². The van der Waals surface area contributed by atoms with E-state index < -0.39 is 17.8 Å². The van der Waals surface area contributed by atoms with Gasteiger partial charge in [0.15, 0.2) is 0 Å². The lowest BCUT2D eigenvalue weighted by atomic mass is 9.78. The normalized spacial score (nSPS) is 20.0. The van der Waals surface area contributed by atoms with Gasteiger partial charge in [-0.25, -0.2) is 0 Å². The van der Waals surface area contributed by atoms with E-state index in [1.807, 2.05) is 13.0 Å². The molecule has 1 aliphatic rings. The van der Waals surface area contributed by atoms with Gasteiger partial charge in [-0.1, -0.05) is 48.3 Å². The van der Waals surface area contributed by atoms with Crippen molar-refractivity contribution in [1.29, 1.82) is 0 Å². The number of carbonyl (C=O) groups excluding carboxylic acids is 1. The zero-order chi connectivity index (χ0) is 20.2. The number of allylic oxidation sites excluding steroid dienone is 6. The largest absolute Gasteiger partial charge is 0.481 e. The Kier molecular flexibility index (Phi) is 10.8. The molecule has 0 aromatic carbocycles. The van der Waals surface area contributed by atoms with Crippen molar-refractivity contribution in [3.8, 4) is 0 Å². The van der Waals surface area contributed by atoms with Crippen LogP contribution in [0.4, 0.5) is 0 Å².